The molecule has 0 saturated carbocycles. The average Bonchev–Trinajstić information content (AvgIpc) is 3.16. The van der Waals surface area contributed by atoms with Crippen molar-refractivity contribution in [2.75, 3.05) is 39.8 Å². The highest BCUT2D eigenvalue weighted by molar-refractivity contribution is 5.85. The zero-order chi connectivity index (χ0) is 21.9. The van der Waals surface area contributed by atoms with Crippen molar-refractivity contribution in [3.8, 4) is 0 Å². The quantitative estimate of drug-likeness (QED) is 0.346. The number of hydrogen-bond donors (Lipinski definition) is 0. The zero-order valence-electron chi connectivity index (χ0n) is 19.5. The summed E-state index contributed by atoms with van der Waals surface area (Å²) < 4.78 is 11.6. The van der Waals surface area contributed by atoms with E-state index in [4.69, 9.17) is 9.47 Å². The van der Waals surface area contributed by atoms with Crippen LogP contribution in [0.15, 0.2) is 0 Å². The van der Waals surface area contributed by atoms with Crippen LogP contribution in [0.25, 0.3) is 0 Å². The monoisotopic (exact) mass is 426 g/mol. The number of fused-ring (bicyclic) bond motifs is 1. The highest BCUT2D eigenvalue weighted by Gasteiger charge is 2.58. The predicted molar refractivity (Wildman–Crippen MR) is 117 cm³/mol. The van der Waals surface area contributed by atoms with Crippen molar-refractivity contribution in [2.45, 2.75) is 91.4 Å². The number of nitrogens with zero attached hydrogens (tertiary/aromatic N) is 4. The van der Waals surface area contributed by atoms with Gasteiger partial charge in [-0.25, -0.2) is 9.59 Å². The normalized spacial score (nSPS) is 21.3. The van der Waals surface area contributed by atoms with Gasteiger partial charge in [0.2, 0.25) is 0 Å². The maximum atomic E-state index is 13.3. The topological polar surface area (TPSA) is 65.6 Å². The molecule has 0 bridgehead atoms. The van der Waals surface area contributed by atoms with Gasteiger partial charge in [-0.1, -0.05) is 53.4 Å². The number of ether oxygens (including phenoxy) is 2. The third-order valence-electron chi connectivity index (χ3n) is 5.78. The van der Waals surface area contributed by atoms with E-state index in [2.05, 4.69) is 27.7 Å². The van der Waals surface area contributed by atoms with Gasteiger partial charge in [0.15, 0.2) is 6.17 Å². The van der Waals surface area contributed by atoms with Gasteiger partial charge >= 0.3 is 12.1 Å². The molecule has 2 saturated heterocycles. The molecule has 30 heavy (non-hydrogen) atoms. The van der Waals surface area contributed by atoms with E-state index >= 15 is 0 Å². The summed E-state index contributed by atoms with van der Waals surface area (Å²) in [5.74, 6) is 0. The van der Waals surface area contributed by atoms with Crippen molar-refractivity contribution in [2.24, 2.45) is 0 Å². The molecule has 174 valence electrons. The lowest BCUT2D eigenvalue weighted by Gasteiger charge is -2.29. The number of amides is 4. The predicted octanol–water partition coefficient (Wildman–Crippen LogP) is 4.26. The summed E-state index contributed by atoms with van der Waals surface area (Å²) in [6.07, 6.45) is 7.22. The Balaban J connectivity index is 2.23. The molecule has 0 aromatic carbocycles. The van der Waals surface area contributed by atoms with Crippen molar-refractivity contribution in [3.63, 3.8) is 0 Å². The first kappa shape index (κ1) is 24.7. The summed E-state index contributed by atoms with van der Waals surface area (Å²) in [5, 5.41) is 0. The molecule has 0 aromatic heterocycles. The molecule has 0 aliphatic carbocycles. The maximum Gasteiger partial charge on any atom is 0.325 e. The fourth-order valence-electron chi connectivity index (χ4n) is 3.96. The lowest BCUT2D eigenvalue weighted by Crippen LogP contribution is -2.48. The van der Waals surface area contributed by atoms with E-state index < -0.39 is 0 Å². The second-order valence-corrected chi connectivity index (χ2v) is 8.21. The highest BCUT2D eigenvalue weighted by Crippen LogP contribution is 2.35. The summed E-state index contributed by atoms with van der Waals surface area (Å²) in [6.45, 7) is 11.4. The Morgan fingerprint density at radius 1 is 0.600 bits per heavy atom. The van der Waals surface area contributed by atoms with Crippen molar-refractivity contribution < 1.29 is 19.1 Å². The summed E-state index contributed by atoms with van der Waals surface area (Å²) in [5.41, 5.74) is 0. The van der Waals surface area contributed by atoms with Crippen LogP contribution in [0.3, 0.4) is 0 Å². The Bertz CT molecular complexity index is 489. The first-order valence-electron chi connectivity index (χ1n) is 11.9. The zero-order valence-corrected chi connectivity index (χ0v) is 19.5. The van der Waals surface area contributed by atoms with E-state index in [0.717, 1.165) is 51.4 Å². The third kappa shape index (κ3) is 5.78. The second-order valence-electron chi connectivity index (χ2n) is 8.21. The molecule has 0 unspecified atom stereocenters. The summed E-state index contributed by atoms with van der Waals surface area (Å²) >= 11 is 0. The molecule has 8 heteroatoms. The van der Waals surface area contributed by atoms with Gasteiger partial charge < -0.3 is 9.47 Å². The van der Waals surface area contributed by atoms with Gasteiger partial charge in [-0.05, 0) is 25.7 Å². The Morgan fingerprint density at radius 2 is 0.967 bits per heavy atom. The molecule has 0 aromatic rings. The first-order valence-corrected chi connectivity index (χ1v) is 11.9. The minimum atomic E-state index is -0.359. The molecule has 4 amide bonds. The summed E-state index contributed by atoms with van der Waals surface area (Å²) in [6, 6.07) is -0.0787. The van der Waals surface area contributed by atoms with Crippen molar-refractivity contribution >= 4 is 12.1 Å². The van der Waals surface area contributed by atoms with Crippen LogP contribution in [0.5, 0.6) is 0 Å². The Morgan fingerprint density at radius 3 is 1.33 bits per heavy atom. The number of hydrogen-bond acceptors (Lipinski definition) is 4. The van der Waals surface area contributed by atoms with E-state index in [-0.39, 0.29) is 37.9 Å². The van der Waals surface area contributed by atoms with Crippen LogP contribution in [0.4, 0.5) is 9.59 Å². The molecular formula is C22H42N4O4. The third-order valence-corrected chi connectivity index (χ3v) is 5.78. The minimum Gasteiger partial charge on any atom is -0.361 e. The van der Waals surface area contributed by atoms with Crippen LogP contribution < -0.4 is 0 Å². The minimum absolute atomic E-state index is 0.0393. The largest absolute Gasteiger partial charge is 0.361 e. The standard InChI is InChI=1S/C22H42N4O4/c1-5-9-13-23-19-20(25(21(23)27)17-29-15-11-7-3)26(18-30-16-12-8-4)22(28)24(19)14-10-6-2/h19-20H,5-18H2,1-4H3. The SMILES string of the molecule is CCCCOCN1C(=O)N(CCCC)C2C1N(COCCCC)C(=O)N2CCCC. The smallest absolute Gasteiger partial charge is 0.325 e. The van der Waals surface area contributed by atoms with Crippen LogP contribution in [-0.4, -0.2) is 83.8 Å². The number of carbonyl (C=O) groups is 2. The second kappa shape index (κ2) is 13.0. The fourth-order valence-corrected chi connectivity index (χ4v) is 3.96. The van der Waals surface area contributed by atoms with E-state index in [1.165, 1.54) is 0 Å². The van der Waals surface area contributed by atoms with Gasteiger partial charge in [-0.3, -0.25) is 19.6 Å². The van der Waals surface area contributed by atoms with Crippen molar-refractivity contribution in [1.29, 1.82) is 0 Å². The fraction of sp³-hybridized carbons (Fsp3) is 0.909. The number of unbranched alkanes of at least 4 members (excludes halogenated alkanes) is 4. The average molecular weight is 427 g/mol. The molecular weight excluding hydrogens is 384 g/mol. The van der Waals surface area contributed by atoms with E-state index in [0.29, 0.717) is 26.3 Å². The van der Waals surface area contributed by atoms with Crippen LogP contribution >= 0.6 is 0 Å². The number of urea groups is 2. The van der Waals surface area contributed by atoms with E-state index in [1.54, 1.807) is 9.80 Å². The summed E-state index contributed by atoms with van der Waals surface area (Å²) in [7, 11) is 0. The van der Waals surface area contributed by atoms with Crippen LogP contribution in [0.1, 0.15) is 79.1 Å². The molecule has 2 aliphatic rings. The lowest BCUT2D eigenvalue weighted by molar-refractivity contribution is -0.0266. The van der Waals surface area contributed by atoms with Crippen LogP contribution in [0.2, 0.25) is 0 Å². The lowest BCUT2D eigenvalue weighted by atomic mass is 10.2. The van der Waals surface area contributed by atoms with Gasteiger partial charge in [0.05, 0.1) is 0 Å². The number of rotatable bonds is 16. The maximum absolute atomic E-state index is 13.3. The van der Waals surface area contributed by atoms with Crippen LogP contribution in [-0.2, 0) is 9.47 Å². The van der Waals surface area contributed by atoms with Crippen LogP contribution in [0, 0.1) is 0 Å². The van der Waals surface area contributed by atoms with Crippen molar-refractivity contribution in [1.82, 2.24) is 19.6 Å². The molecule has 2 fully saturated rings. The number of carbonyl (C=O) groups excluding carboxylic acids is 2. The van der Waals surface area contributed by atoms with E-state index in [1.807, 2.05) is 9.80 Å². The molecule has 0 atom stereocenters. The van der Waals surface area contributed by atoms with Gasteiger partial charge in [-0.2, -0.15) is 0 Å². The first-order chi connectivity index (χ1) is 14.6. The molecule has 0 spiro atoms. The molecule has 2 heterocycles. The van der Waals surface area contributed by atoms with Gasteiger partial charge in [-0.15, -0.1) is 0 Å². The van der Waals surface area contributed by atoms with Gasteiger partial charge in [0.1, 0.15) is 19.6 Å². The molecule has 2 aliphatic heterocycles. The van der Waals surface area contributed by atoms with Gasteiger partial charge in [0, 0.05) is 26.3 Å². The molecule has 8 nitrogen and oxygen atoms in total. The summed E-state index contributed by atoms with van der Waals surface area (Å²) in [4.78, 5) is 33.8. The Kier molecular flexibility index (Phi) is 10.7. The molecule has 0 N–H and O–H groups in total. The van der Waals surface area contributed by atoms with Gasteiger partial charge in [0.25, 0.3) is 0 Å². The Labute approximate surface area is 182 Å². The molecule has 2 rings (SSSR count). The Hall–Kier alpha value is -1.54. The molecule has 0 radical (unpaired) electrons. The highest BCUT2D eigenvalue weighted by atomic mass is 16.5. The van der Waals surface area contributed by atoms with Crippen molar-refractivity contribution in [3.05, 3.63) is 0 Å². The van der Waals surface area contributed by atoms with E-state index in [9.17, 15) is 9.59 Å².